The number of hydrogen-bond acceptors (Lipinski definition) is 7. The summed E-state index contributed by atoms with van der Waals surface area (Å²) in [6.07, 6.45) is 4.39. The van der Waals surface area contributed by atoms with Crippen molar-refractivity contribution in [1.82, 2.24) is 9.21 Å². The smallest absolute Gasteiger partial charge is 0.340 e. The fraction of sp³-hybridized carbons (Fsp3) is 0.714. The second-order valence-electron chi connectivity index (χ2n) is 8.48. The largest absolute Gasteiger partial charge is 0.465 e. The Hall–Kier alpha value is -1.49. The van der Waals surface area contributed by atoms with Crippen LogP contribution in [0.3, 0.4) is 0 Å². The number of fused-ring (bicyclic) bond motifs is 1. The second-order valence-corrected chi connectivity index (χ2v) is 11.7. The highest BCUT2D eigenvalue weighted by molar-refractivity contribution is 7.91. The van der Waals surface area contributed by atoms with Gasteiger partial charge in [-0.1, -0.05) is 6.92 Å². The third-order valence-corrected chi connectivity index (χ3v) is 9.71. The maximum atomic E-state index is 13.6. The molecule has 0 radical (unpaired) electrons. The average molecular weight is 471 g/mol. The van der Waals surface area contributed by atoms with Crippen molar-refractivity contribution < 1.29 is 27.5 Å². The van der Waals surface area contributed by atoms with Gasteiger partial charge in [0.2, 0.25) is 0 Å². The Morgan fingerprint density at radius 1 is 1.29 bits per heavy atom. The first kappa shape index (κ1) is 22.7. The number of carbonyl (C=O) groups is 2. The fourth-order valence-electron chi connectivity index (χ4n) is 4.30. The molecule has 0 N–H and O–H groups in total. The molecule has 0 unspecified atom stereocenters. The van der Waals surface area contributed by atoms with Gasteiger partial charge in [-0.25, -0.2) is 13.2 Å². The number of esters is 1. The first-order valence-corrected chi connectivity index (χ1v) is 13.3. The van der Waals surface area contributed by atoms with E-state index in [2.05, 4.69) is 0 Å². The fourth-order valence-corrected chi connectivity index (χ4v) is 7.95. The van der Waals surface area contributed by atoms with E-state index in [9.17, 15) is 18.0 Å². The Labute approximate surface area is 187 Å². The highest BCUT2D eigenvalue weighted by atomic mass is 32.2. The van der Waals surface area contributed by atoms with E-state index in [0.717, 1.165) is 35.5 Å². The molecule has 172 valence electrons. The van der Waals surface area contributed by atoms with Crippen molar-refractivity contribution >= 4 is 33.2 Å². The van der Waals surface area contributed by atoms with Crippen LogP contribution in [0.2, 0.25) is 0 Å². The van der Waals surface area contributed by atoms with E-state index >= 15 is 0 Å². The van der Waals surface area contributed by atoms with Crippen LogP contribution in [0.1, 0.15) is 59.8 Å². The number of sulfonamides is 1. The van der Waals surface area contributed by atoms with Gasteiger partial charge in [-0.3, -0.25) is 4.79 Å². The lowest BCUT2D eigenvalue weighted by molar-refractivity contribution is -0.141. The first-order valence-electron chi connectivity index (χ1n) is 11.0. The third kappa shape index (κ3) is 4.53. The van der Waals surface area contributed by atoms with Gasteiger partial charge < -0.3 is 14.4 Å². The highest BCUT2D eigenvalue weighted by Gasteiger charge is 2.40. The van der Waals surface area contributed by atoms with Crippen LogP contribution < -0.4 is 0 Å². The quantitative estimate of drug-likeness (QED) is 0.542. The van der Waals surface area contributed by atoms with Crippen LogP contribution in [0.5, 0.6) is 0 Å². The van der Waals surface area contributed by atoms with Crippen molar-refractivity contribution in [3.05, 3.63) is 16.0 Å². The normalized spacial score (nSPS) is 21.4. The van der Waals surface area contributed by atoms with Crippen LogP contribution in [0.4, 0.5) is 0 Å². The molecular weight excluding hydrogens is 440 g/mol. The van der Waals surface area contributed by atoms with E-state index in [4.69, 9.17) is 9.47 Å². The molecular formula is C21H30N2O6S2. The van der Waals surface area contributed by atoms with Gasteiger partial charge in [0.05, 0.1) is 19.2 Å². The summed E-state index contributed by atoms with van der Waals surface area (Å²) >= 11 is 1.11. The number of nitrogens with zero attached hydrogens (tertiary/aromatic N) is 2. The minimum absolute atomic E-state index is 0.0538. The molecule has 1 aliphatic carbocycles. The number of hydrogen-bond donors (Lipinski definition) is 0. The SMILES string of the molecule is CCCN(CC1CC1)S(=O)(=O)c1sc2c(c1C(=O)OC)CCN(C(=O)[C@H]1CCCO1)C2. The van der Waals surface area contributed by atoms with Crippen LogP contribution in [-0.4, -0.2) is 69.0 Å². The van der Waals surface area contributed by atoms with Gasteiger partial charge in [0, 0.05) is 31.1 Å². The highest BCUT2D eigenvalue weighted by Crippen LogP contribution is 2.40. The van der Waals surface area contributed by atoms with E-state index in [0.29, 0.717) is 63.5 Å². The molecule has 31 heavy (non-hydrogen) atoms. The Morgan fingerprint density at radius 2 is 2.06 bits per heavy atom. The van der Waals surface area contributed by atoms with Crippen LogP contribution >= 0.6 is 11.3 Å². The lowest BCUT2D eigenvalue weighted by Crippen LogP contribution is -2.41. The summed E-state index contributed by atoms with van der Waals surface area (Å²) < 4.78 is 39.3. The van der Waals surface area contributed by atoms with Crippen molar-refractivity contribution in [3.8, 4) is 0 Å². The average Bonchev–Trinajstić information content (AvgIpc) is 3.26. The molecule has 1 saturated heterocycles. The molecule has 1 atom stereocenters. The topological polar surface area (TPSA) is 93.2 Å². The predicted molar refractivity (Wildman–Crippen MR) is 116 cm³/mol. The number of carbonyl (C=O) groups excluding carboxylic acids is 2. The molecule has 4 rings (SSSR count). The molecule has 1 aromatic rings. The van der Waals surface area contributed by atoms with Gasteiger partial charge in [0.25, 0.3) is 15.9 Å². The number of ether oxygens (including phenoxy) is 2. The van der Waals surface area contributed by atoms with Gasteiger partial charge >= 0.3 is 5.97 Å². The molecule has 0 bridgehead atoms. The predicted octanol–water partition coefficient (Wildman–Crippen LogP) is 2.41. The van der Waals surface area contributed by atoms with E-state index < -0.39 is 22.1 Å². The van der Waals surface area contributed by atoms with E-state index in [1.165, 1.54) is 11.4 Å². The number of amides is 1. The van der Waals surface area contributed by atoms with E-state index in [1.807, 2.05) is 6.92 Å². The number of thiophene rings is 1. The van der Waals surface area contributed by atoms with Crippen LogP contribution in [0.25, 0.3) is 0 Å². The standard InChI is InChI=1S/C21H30N2O6S2/c1-3-9-23(12-14-6-7-14)31(26,27)21-18(20(25)28-2)15-8-10-22(13-17(15)30-21)19(24)16-5-4-11-29-16/h14,16H,3-13H2,1-2H3/t16-/m1/s1. The molecule has 10 heteroatoms. The zero-order valence-electron chi connectivity index (χ0n) is 18.1. The van der Waals surface area contributed by atoms with Crippen molar-refractivity contribution in [2.24, 2.45) is 5.92 Å². The summed E-state index contributed by atoms with van der Waals surface area (Å²) in [4.78, 5) is 27.9. The summed E-state index contributed by atoms with van der Waals surface area (Å²) in [5.74, 6) is -0.281. The molecule has 2 fully saturated rings. The molecule has 8 nitrogen and oxygen atoms in total. The summed E-state index contributed by atoms with van der Waals surface area (Å²) in [6.45, 7) is 4.19. The Bertz CT molecular complexity index is 947. The van der Waals surface area contributed by atoms with Gasteiger partial charge in [-0.05, 0) is 50.0 Å². The van der Waals surface area contributed by atoms with Crippen LogP contribution in [-0.2, 0) is 37.3 Å². The minimum Gasteiger partial charge on any atom is -0.465 e. The molecule has 1 saturated carbocycles. The first-order chi connectivity index (χ1) is 14.9. The van der Waals surface area contributed by atoms with E-state index in [-0.39, 0.29) is 15.7 Å². The van der Waals surface area contributed by atoms with Crippen LogP contribution in [0, 0.1) is 5.92 Å². The van der Waals surface area contributed by atoms with Crippen LogP contribution in [0.15, 0.2) is 4.21 Å². The van der Waals surface area contributed by atoms with Gasteiger partial charge in [-0.2, -0.15) is 4.31 Å². The molecule has 1 amide bonds. The number of rotatable bonds is 8. The lowest BCUT2D eigenvalue weighted by Gasteiger charge is -2.29. The molecule has 3 aliphatic rings. The summed E-state index contributed by atoms with van der Waals surface area (Å²) in [5, 5.41) is 0. The maximum absolute atomic E-state index is 13.6. The summed E-state index contributed by atoms with van der Waals surface area (Å²) in [6, 6.07) is 0. The van der Waals surface area contributed by atoms with Crippen molar-refractivity contribution in [2.45, 2.75) is 62.3 Å². The monoisotopic (exact) mass is 470 g/mol. The van der Waals surface area contributed by atoms with Gasteiger partial charge in [-0.15, -0.1) is 11.3 Å². The molecule has 1 aromatic heterocycles. The van der Waals surface area contributed by atoms with E-state index in [1.54, 1.807) is 4.90 Å². The van der Waals surface area contributed by atoms with Crippen molar-refractivity contribution in [1.29, 1.82) is 0 Å². The minimum atomic E-state index is -3.83. The second kappa shape index (κ2) is 9.17. The zero-order valence-corrected chi connectivity index (χ0v) is 19.7. The van der Waals surface area contributed by atoms with Gasteiger partial charge in [0.1, 0.15) is 10.3 Å². The maximum Gasteiger partial charge on any atom is 0.340 e. The molecule has 0 spiro atoms. The molecule has 2 aliphatic heterocycles. The summed E-state index contributed by atoms with van der Waals surface area (Å²) in [5.41, 5.74) is 0.860. The lowest BCUT2D eigenvalue weighted by atomic mass is 10.0. The van der Waals surface area contributed by atoms with Crippen molar-refractivity contribution in [2.75, 3.05) is 33.4 Å². The zero-order chi connectivity index (χ0) is 22.2. The van der Waals surface area contributed by atoms with Crippen molar-refractivity contribution in [3.63, 3.8) is 0 Å². The third-order valence-electron chi connectivity index (χ3n) is 6.14. The number of methoxy groups -OCH3 is 1. The van der Waals surface area contributed by atoms with Gasteiger partial charge in [0.15, 0.2) is 0 Å². The Balaban J connectivity index is 1.67. The molecule has 3 heterocycles. The Kier molecular flexibility index (Phi) is 6.71. The summed E-state index contributed by atoms with van der Waals surface area (Å²) in [7, 11) is -2.56. The Morgan fingerprint density at radius 3 is 2.68 bits per heavy atom. The molecule has 0 aromatic carbocycles.